The van der Waals surface area contributed by atoms with Crippen LogP contribution in [0.25, 0.3) is 0 Å². The van der Waals surface area contributed by atoms with E-state index in [1.807, 2.05) is 18.2 Å². The van der Waals surface area contributed by atoms with Gasteiger partial charge in [0.25, 0.3) is 0 Å². The van der Waals surface area contributed by atoms with Crippen molar-refractivity contribution >= 4 is 0 Å². The molecule has 4 nitrogen and oxygen atoms in total. The predicted octanol–water partition coefficient (Wildman–Crippen LogP) is 2.78. The van der Waals surface area contributed by atoms with E-state index >= 15 is 0 Å². The molecule has 108 valence electrons. The fourth-order valence-electron chi connectivity index (χ4n) is 1.91. The number of hydrogen-bond donors (Lipinski definition) is 1. The number of nitrogens with two attached hydrogens (primary N) is 1. The molecule has 0 heterocycles. The first kappa shape index (κ1) is 14.8. The van der Waals surface area contributed by atoms with Crippen molar-refractivity contribution in [3.8, 4) is 17.6 Å². The van der Waals surface area contributed by atoms with Crippen molar-refractivity contribution in [2.45, 2.75) is 6.10 Å². The van der Waals surface area contributed by atoms with Gasteiger partial charge >= 0.3 is 0 Å². The quantitative estimate of drug-likeness (QED) is 0.917. The number of hydrogen-bond acceptors (Lipinski definition) is 4. The molecule has 0 aromatic heterocycles. The second-order valence-corrected chi connectivity index (χ2v) is 4.38. The van der Waals surface area contributed by atoms with Gasteiger partial charge in [0.15, 0.2) is 11.6 Å². The summed E-state index contributed by atoms with van der Waals surface area (Å²) in [7, 11) is 1.57. The highest BCUT2D eigenvalue weighted by molar-refractivity contribution is 5.37. The molecule has 0 aliphatic carbocycles. The molecule has 0 aliphatic heterocycles. The maximum atomic E-state index is 13.9. The summed E-state index contributed by atoms with van der Waals surface area (Å²) in [4.78, 5) is 0. The smallest absolute Gasteiger partial charge is 0.166 e. The SMILES string of the molecule is COc1cccc(C(CN)Oc2ccc(C#N)cc2F)c1. The van der Waals surface area contributed by atoms with E-state index in [1.165, 1.54) is 12.1 Å². The van der Waals surface area contributed by atoms with Gasteiger partial charge in [-0.1, -0.05) is 12.1 Å². The minimum absolute atomic E-state index is 0.0623. The van der Waals surface area contributed by atoms with Crippen molar-refractivity contribution in [3.05, 3.63) is 59.4 Å². The van der Waals surface area contributed by atoms with E-state index in [9.17, 15) is 4.39 Å². The Bertz CT molecular complexity index is 668. The molecule has 2 aromatic carbocycles. The van der Waals surface area contributed by atoms with Crippen LogP contribution in [0, 0.1) is 17.1 Å². The molecular formula is C16H15FN2O2. The van der Waals surface area contributed by atoms with E-state index in [-0.39, 0.29) is 17.9 Å². The zero-order valence-corrected chi connectivity index (χ0v) is 11.5. The molecule has 21 heavy (non-hydrogen) atoms. The molecule has 2 aromatic rings. The number of rotatable bonds is 5. The van der Waals surface area contributed by atoms with E-state index in [1.54, 1.807) is 19.2 Å². The van der Waals surface area contributed by atoms with Gasteiger partial charge in [-0.15, -0.1) is 0 Å². The van der Waals surface area contributed by atoms with Crippen molar-refractivity contribution in [3.63, 3.8) is 0 Å². The van der Waals surface area contributed by atoms with Crippen LogP contribution in [0.2, 0.25) is 0 Å². The molecule has 0 spiro atoms. The van der Waals surface area contributed by atoms with Crippen LogP contribution >= 0.6 is 0 Å². The van der Waals surface area contributed by atoms with Crippen molar-refractivity contribution in [2.24, 2.45) is 5.73 Å². The molecular weight excluding hydrogens is 271 g/mol. The second kappa shape index (κ2) is 6.73. The third kappa shape index (κ3) is 3.50. The van der Waals surface area contributed by atoms with E-state index in [4.69, 9.17) is 20.5 Å². The normalized spacial score (nSPS) is 11.5. The van der Waals surface area contributed by atoms with E-state index in [0.717, 1.165) is 11.6 Å². The molecule has 2 rings (SSSR count). The monoisotopic (exact) mass is 286 g/mol. The minimum atomic E-state index is -0.588. The Labute approximate surface area is 122 Å². The first-order chi connectivity index (χ1) is 10.2. The third-order valence-electron chi connectivity index (χ3n) is 3.01. The molecule has 0 fully saturated rings. The fourth-order valence-corrected chi connectivity index (χ4v) is 1.91. The summed E-state index contributed by atoms with van der Waals surface area (Å²) in [5, 5.41) is 8.73. The molecule has 1 unspecified atom stereocenters. The average molecular weight is 286 g/mol. The standard InChI is InChI=1S/C16H15FN2O2/c1-20-13-4-2-3-12(8-13)16(10-19)21-15-6-5-11(9-18)7-14(15)17/h2-8,16H,10,19H2,1H3. The second-order valence-electron chi connectivity index (χ2n) is 4.38. The Morgan fingerprint density at radius 1 is 1.29 bits per heavy atom. The highest BCUT2D eigenvalue weighted by Gasteiger charge is 2.15. The van der Waals surface area contributed by atoms with Crippen molar-refractivity contribution in [1.29, 1.82) is 5.26 Å². The van der Waals surface area contributed by atoms with Gasteiger partial charge in [0.2, 0.25) is 0 Å². The molecule has 0 aliphatic rings. The molecule has 1 atom stereocenters. The maximum absolute atomic E-state index is 13.9. The van der Waals surface area contributed by atoms with Crippen LogP contribution in [-0.4, -0.2) is 13.7 Å². The van der Waals surface area contributed by atoms with Crippen LogP contribution in [0.5, 0.6) is 11.5 Å². The van der Waals surface area contributed by atoms with E-state index in [0.29, 0.717) is 5.75 Å². The van der Waals surface area contributed by atoms with Crippen LogP contribution in [0.4, 0.5) is 4.39 Å². The number of ether oxygens (including phenoxy) is 2. The summed E-state index contributed by atoms with van der Waals surface area (Å²) in [6.45, 7) is 0.187. The number of benzene rings is 2. The van der Waals surface area contributed by atoms with Crippen LogP contribution in [0.3, 0.4) is 0 Å². The van der Waals surface area contributed by atoms with Crippen LogP contribution in [0.1, 0.15) is 17.2 Å². The lowest BCUT2D eigenvalue weighted by Crippen LogP contribution is -2.19. The maximum Gasteiger partial charge on any atom is 0.166 e. The molecule has 0 amide bonds. The Morgan fingerprint density at radius 2 is 2.10 bits per heavy atom. The number of nitrogens with zero attached hydrogens (tertiary/aromatic N) is 1. The van der Waals surface area contributed by atoms with Crippen LogP contribution < -0.4 is 15.2 Å². The highest BCUT2D eigenvalue weighted by atomic mass is 19.1. The Kier molecular flexibility index (Phi) is 4.75. The number of halogens is 1. The minimum Gasteiger partial charge on any atom is -0.497 e. The van der Waals surface area contributed by atoms with Crippen LogP contribution in [0.15, 0.2) is 42.5 Å². The first-order valence-electron chi connectivity index (χ1n) is 6.38. The summed E-state index contributed by atoms with van der Waals surface area (Å²) < 4.78 is 24.6. The Balaban J connectivity index is 2.24. The van der Waals surface area contributed by atoms with Gasteiger partial charge in [0, 0.05) is 6.54 Å². The van der Waals surface area contributed by atoms with Gasteiger partial charge in [-0.05, 0) is 35.9 Å². The summed E-state index contributed by atoms with van der Waals surface area (Å²) in [6, 6.07) is 13.2. The Morgan fingerprint density at radius 3 is 2.71 bits per heavy atom. The van der Waals surface area contributed by atoms with Gasteiger partial charge < -0.3 is 15.2 Å². The van der Waals surface area contributed by atoms with Gasteiger partial charge in [-0.2, -0.15) is 5.26 Å². The lowest BCUT2D eigenvalue weighted by molar-refractivity contribution is 0.204. The molecule has 2 N–H and O–H groups in total. The topological polar surface area (TPSA) is 68.3 Å². The molecule has 0 bridgehead atoms. The first-order valence-corrected chi connectivity index (χ1v) is 6.38. The van der Waals surface area contributed by atoms with Gasteiger partial charge in [0.05, 0.1) is 18.7 Å². The molecule has 0 radical (unpaired) electrons. The zero-order valence-electron chi connectivity index (χ0n) is 11.5. The highest BCUT2D eigenvalue weighted by Crippen LogP contribution is 2.26. The van der Waals surface area contributed by atoms with Crippen LogP contribution in [-0.2, 0) is 0 Å². The summed E-state index contributed by atoms with van der Waals surface area (Å²) in [5.74, 6) is 0.150. The summed E-state index contributed by atoms with van der Waals surface area (Å²) in [5.41, 5.74) is 6.74. The van der Waals surface area contributed by atoms with Gasteiger partial charge in [-0.3, -0.25) is 0 Å². The third-order valence-corrected chi connectivity index (χ3v) is 3.01. The molecule has 0 saturated carbocycles. The molecule has 5 heteroatoms. The van der Waals surface area contributed by atoms with E-state index < -0.39 is 11.9 Å². The summed E-state index contributed by atoms with van der Waals surface area (Å²) in [6.07, 6.45) is -0.498. The van der Waals surface area contributed by atoms with Crippen molar-refractivity contribution in [2.75, 3.05) is 13.7 Å². The van der Waals surface area contributed by atoms with Crippen molar-refractivity contribution in [1.82, 2.24) is 0 Å². The molecule has 0 saturated heterocycles. The zero-order chi connectivity index (χ0) is 15.2. The lowest BCUT2D eigenvalue weighted by atomic mass is 10.1. The largest absolute Gasteiger partial charge is 0.497 e. The van der Waals surface area contributed by atoms with E-state index in [2.05, 4.69) is 0 Å². The Hall–Kier alpha value is -2.58. The summed E-state index contributed by atoms with van der Waals surface area (Å²) >= 11 is 0. The number of methoxy groups -OCH3 is 1. The number of nitriles is 1. The van der Waals surface area contributed by atoms with Crippen molar-refractivity contribution < 1.29 is 13.9 Å². The fraction of sp³-hybridized carbons (Fsp3) is 0.188. The predicted molar refractivity (Wildman–Crippen MR) is 76.5 cm³/mol. The lowest BCUT2D eigenvalue weighted by Gasteiger charge is -2.19. The average Bonchev–Trinajstić information content (AvgIpc) is 2.53. The van der Waals surface area contributed by atoms with Gasteiger partial charge in [0.1, 0.15) is 11.9 Å². The van der Waals surface area contributed by atoms with Gasteiger partial charge in [-0.25, -0.2) is 4.39 Å².